The Balaban J connectivity index is 1.84. The molecule has 0 aromatic heterocycles. The van der Waals surface area contributed by atoms with Gasteiger partial charge in [0.25, 0.3) is 0 Å². The van der Waals surface area contributed by atoms with Gasteiger partial charge in [-0.25, -0.2) is 0 Å². The zero-order valence-corrected chi connectivity index (χ0v) is 11.2. The van der Waals surface area contributed by atoms with Crippen LogP contribution < -0.4 is 5.32 Å². The van der Waals surface area contributed by atoms with E-state index in [1.165, 1.54) is 11.8 Å². The first-order valence-electron chi connectivity index (χ1n) is 6.01. The lowest BCUT2D eigenvalue weighted by molar-refractivity contribution is -0.130. The van der Waals surface area contributed by atoms with Crippen LogP contribution in [0.4, 0.5) is 0 Å². The lowest BCUT2D eigenvalue weighted by Gasteiger charge is -2.26. The smallest absolute Gasteiger partial charge is 0.233 e. The summed E-state index contributed by atoms with van der Waals surface area (Å²) in [7, 11) is 1.76. The molecule has 0 unspecified atom stereocenters. The highest BCUT2D eigenvalue weighted by Crippen LogP contribution is 2.18. The highest BCUT2D eigenvalue weighted by Gasteiger charge is 2.30. The minimum Gasteiger partial charge on any atom is -0.390 e. The summed E-state index contributed by atoms with van der Waals surface area (Å²) in [5.74, 6) is 0.459. The van der Waals surface area contributed by atoms with Gasteiger partial charge in [0.15, 0.2) is 0 Å². The maximum Gasteiger partial charge on any atom is 0.233 e. The number of hydrogen-bond acceptors (Lipinski definition) is 4. The standard InChI is InChI=1S/C13H18N2O2S/c1-15(11-7-14-8-12(11)16)13(17)9-18-10-5-3-2-4-6-10/h2-6,11-12,14,16H,7-9H2,1H3/t11-,12-/m1/s1. The van der Waals surface area contributed by atoms with E-state index in [4.69, 9.17) is 0 Å². The molecule has 18 heavy (non-hydrogen) atoms. The fourth-order valence-corrected chi connectivity index (χ4v) is 2.84. The molecule has 2 N–H and O–H groups in total. The highest BCUT2D eigenvalue weighted by atomic mass is 32.2. The summed E-state index contributed by atoms with van der Waals surface area (Å²) in [6, 6.07) is 9.75. The van der Waals surface area contributed by atoms with Crippen LogP contribution in [-0.2, 0) is 4.79 Å². The molecular formula is C13H18N2O2S. The van der Waals surface area contributed by atoms with Gasteiger partial charge in [0.2, 0.25) is 5.91 Å². The van der Waals surface area contributed by atoms with Gasteiger partial charge in [0.1, 0.15) is 0 Å². The third kappa shape index (κ3) is 3.25. The molecule has 1 fully saturated rings. The van der Waals surface area contributed by atoms with Crippen LogP contribution in [0.3, 0.4) is 0 Å². The van der Waals surface area contributed by atoms with Gasteiger partial charge in [-0.05, 0) is 12.1 Å². The SMILES string of the molecule is CN(C(=O)CSc1ccccc1)[C@@H]1CNC[C@H]1O. The van der Waals surface area contributed by atoms with E-state index in [0.29, 0.717) is 18.8 Å². The molecule has 0 saturated carbocycles. The number of nitrogens with zero attached hydrogens (tertiary/aromatic N) is 1. The Morgan fingerprint density at radius 1 is 1.44 bits per heavy atom. The molecule has 1 aliphatic heterocycles. The summed E-state index contributed by atoms with van der Waals surface area (Å²) >= 11 is 1.52. The van der Waals surface area contributed by atoms with E-state index in [1.807, 2.05) is 30.3 Å². The van der Waals surface area contributed by atoms with E-state index in [2.05, 4.69) is 5.32 Å². The van der Waals surface area contributed by atoms with Crippen LogP contribution in [0.15, 0.2) is 35.2 Å². The third-order valence-electron chi connectivity index (χ3n) is 3.15. The molecule has 1 heterocycles. The number of hydrogen-bond donors (Lipinski definition) is 2. The average Bonchev–Trinajstić information content (AvgIpc) is 2.82. The molecule has 5 heteroatoms. The molecule has 0 spiro atoms. The number of carbonyl (C=O) groups is 1. The van der Waals surface area contributed by atoms with Crippen molar-refractivity contribution in [2.24, 2.45) is 0 Å². The van der Waals surface area contributed by atoms with Gasteiger partial charge in [-0.15, -0.1) is 11.8 Å². The van der Waals surface area contributed by atoms with E-state index in [9.17, 15) is 9.90 Å². The summed E-state index contributed by atoms with van der Waals surface area (Å²) in [6.07, 6.45) is -0.458. The Labute approximate surface area is 111 Å². The van der Waals surface area contributed by atoms with Crippen LogP contribution in [0, 0.1) is 0 Å². The summed E-state index contributed by atoms with van der Waals surface area (Å²) in [5.41, 5.74) is 0. The van der Waals surface area contributed by atoms with Crippen LogP contribution in [0.5, 0.6) is 0 Å². The predicted molar refractivity (Wildman–Crippen MR) is 72.6 cm³/mol. The summed E-state index contributed by atoms with van der Waals surface area (Å²) in [5, 5.41) is 12.8. The molecule has 1 aliphatic rings. The zero-order valence-electron chi connectivity index (χ0n) is 10.4. The largest absolute Gasteiger partial charge is 0.390 e. The molecule has 2 atom stereocenters. The maximum atomic E-state index is 12.0. The van der Waals surface area contributed by atoms with Crippen LogP contribution in [-0.4, -0.2) is 53.9 Å². The van der Waals surface area contributed by atoms with Crippen molar-refractivity contribution in [3.63, 3.8) is 0 Å². The number of carbonyl (C=O) groups excluding carboxylic acids is 1. The second kappa shape index (κ2) is 6.22. The maximum absolute atomic E-state index is 12.0. The number of rotatable bonds is 4. The van der Waals surface area contributed by atoms with E-state index in [1.54, 1.807) is 11.9 Å². The molecular weight excluding hydrogens is 248 g/mol. The number of benzene rings is 1. The minimum absolute atomic E-state index is 0.0524. The van der Waals surface area contributed by atoms with Crippen molar-refractivity contribution in [3.8, 4) is 0 Å². The average molecular weight is 266 g/mol. The van der Waals surface area contributed by atoms with E-state index in [-0.39, 0.29) is 11.9 Å². The quantitative estimate of drug-likeness (QED) is 0.782. The molecule has 0 radical (unpaired) electrons. The van der Waals surface area contributed by atoms with E-state index < -0.39 is 6.10 Å². The summed E-state index contributed by atoms with van der Waals surface area (Å²) < 4.78 is 0. The molecule has 0 aliphatic carbocycles. The van der Waals surface area contributed by atoms with Gasteiger partial charge in [0, 0.05) is 25.0 Å². The van der Waals surface area contributed by atoms with Crippen molar-refractivity contribution < 1.29 is 9.90 Å². The fourth-order valence-electron chi connectivity index (χ4n) is 1.99. The predicted octanol–water partition coefficient (Wildman–Crippen LogP) is 0.570. The Kier molecular flexibility index (Phi) is 4.63. The van der Waals surface area contributed by atoms with Gasteiger partial charge in [-0.3, -0.25) is 4.79 Å². The number of β-amino-alcohol motifs (C(OH)–C–C–N with tert-alkyl or cyclic N) is 1. The number of amides is 1. The Hall–Kier alpha value is -1.04. The molecule has 1 aromatic rings. The van der Waals surface area contributed by atoms with Gasteiger partial charge < -0.3 is 15.3 Å². The number of nitrogens with one attached hydrogen (secondary N) is 1. The second-order valence-corrected chi connectivity index (χ2v) is 5.45. The first-order chi connectivity index (χ1) is 8.68. The van der Waals surface area contributed by atoms with Crippen LogP contribution in [0.1, 0.15) is 0 Å². The van der Waals surface area contributed by atoms with Gasteiger partial charge in [-0.1, -0.05) is 18.2 Å². The number of aliphatic hydroxyl groups excluding tert-OH is 1. The minimum atomic E-state index is -0.458. The normalized spacial score (nSPS) is 23.0. The van der Waals surface area contributed by atoms with Crippen molar-refractivity contribution in [3.05, 3.63) is 30.3 Å². The van der Waals surface area contributed by atoms with Crippen molar-refractivity contribution in [1.29, 1.82) is 0 Å². The first kappa shape index (κ1) is 13.4. The zero-order chi connectivity index (χ0) is 13.0. The van der Waals surface area contributed by atoms with Crippen molar-refractivity contribution in [1.82, 2.24) is 10.2 Å². The number of thioether (sulfide) groups is 1. The Bertz CT molecular complexity index is 399. The van der Waals surface area contributed by atoms with Crippen LogP contribution in [0.2, 0.25) is 0 Å². The Morgan fingerprint density at radius 2 is 2.17 bits per heavy atom. The van der Waals surface area contributed by atoms with E-state index >= 15 is 0 Å². The molecule has 1 aromatic carbocycles. The van der Waals surface area contributed by atoms with Crippen molar-refractivity contribution >= 4 is 17.7 Å². The third-order valence-corrected chi connectivity index (χ3v) is 4.14. The highest BCUT2D eigenvalue weighted by molar-refractivity contribution is 8.00. The summed E-state index contributed by atoms with van der Waals surface area (Å²) in [4.78, 5) is 14.8. The van der Waals surface area contributed by atoms with Gasteiger partial charge in [0.05, 0.1) is 17.9 Å². The molecule has 4 nitrogen and oxygen atoms in total. The van der Waals surface area contributed by atoms with Gasteiger partial charge >= 0.3 is 0 Å². The first-order valence-corrected chi connectivity index (χ1v) is 6.99. The lowest BCUT2D eigenvalue weighted by atomic mass is 10.2. The number of likely N-dealkylation sites (N-methyl/N-ethyl adjacent to an activating group) is 1. The fraction of sp³-hybridized carbons (Fsp3) is 0.462. The monoisotopic (exact) mass is 266 g/mol. The topological polar surface area (TPSA) is 52.6 Å². The Morgan fingerprint density at radius 3 is 2.78 bits per heavy atom. The molecule has 98 valence electrons. The van der Waals surface area contributed by atoms with Crippen LogP contribution in [0.25, 0.3) is 0 Å². The van der Waals surface area contributed by atoms with Gasteiger partial charge in [-0.2, -0.15) is 0 Å². The summed E-state index contributed by atoms with van der Waals surface area (Å²) in [6.45, 7) is 1.23. The number of aliphatic hydroxyl groups is 1. The van der Waals surface area contributed by atoms with Crippen molar-refractivity contribution in [2.75, 3.05) is 25.9 Å². The second-order valence-electron chi connectivity index (χ2n) is 4.40. The molecule has 1 amide bonds. The van der Waals surface area contributed by atoms with Crippen molar-refractivity contribution in [2.45, 2.75) is 17.0 Å². The molecule has 0 bridgehead atoms. The molecule has 2 rings (SSSR count). The lowest BCUT2D eigenvalue weighted by Crippen LogP contribution is -2.45. The molecule has 1 saturated heterocycles. The van der Waals surface area contributed by atoms with Crippen LogP contribution >= 0.6 is 11.8 Å². The van der Waals surface area contributed by atoms with E-state index in [0.717, 1.165) is 4.90 Å².